The first-order valence-electron chi connectivity index (χ1n) is 10.5. The van der Waals surface area contributed by atoms with Gasteiger partial charge in [-0.1, -0.05) is 55.8 Å². The Hall–Kier alpha value is -3.60. The third kappa shape index (κ3) is 7.00. The molecule has 0 aliphatic heterocycles. The number of hydrogen-bond donors (Lipinski definition) is 1. The van der Waals surface area contributed by atoms with E-state index >= 15 is 0 Å². The Labute approximate surface area is 183 Å². The Morgan fingerprint density at radius 2 is 1.58 bits per heavy atom. The summed E-state index contributed by atoms with van der Waals surface area (Å²) in [4.78, 5) is 12.3. The largest absolute Gasteiger partial charge is 0.494 e. The van der Waals surface area contributed by atoms with Crippen LogP contribution in [0.3, 0.4) is 0 Å². The minimum absolute atomic E-state index is 0.317. The lowest BCUT2D eigenvalue weighted by molar-refractivity contribution is -0.127. The fourth-order valence-electron chi connectivity index (χ4n) is 2.86. The van der Waals surface area contributed by atoms with E-state index in [-0.39, 0.29) is 5.91 Å². The first-order chi connectivity index (χ1) is 15.2. The Morgan fingerprint density at radius 3 is 2.26 bits per heavy atom. The van der Waals surface area contributed by atoms with E-state index in [4.69, 9.17) is 9.47 Å². The summed E-state index contributed by atoms with van der Waals surface area (Å²) in [7, 11) is 0. The number of ether oxygens (including phenoxy) is 2. The van der Waals surface area contributed by atoms with Crippen LogP contribution >= 0.6 is 0 Å². The van der Waals surface area contributed by atoms with Crippen molar-refractivity contribution >= 4 is 12.1 Å². The number of nitrogens with zero attached hydrogens (tertiary/aromatic N) is 1. The smallest absolute Gasteiger partial charge is 0.280 e. The molecule has 3 rings (SSSR count). The van der Waals surface area contributed by atoms with Gasteiger partial charge in [-0.25, -0.2) is 5.43 Å². The van der Waals surface area contributed by atoms with E-state index in [1.807, 2.05) is 66.7 Å². The van der Waals surface area contributed by atoms with E-state index in [1.165, 1.54) is 0 Å². The van der Waals surface area contributed by atoms with Crippen LogP contribution in [0.5, 0.6) is 11.5 Å². The van der Waals surface area contributed by atoms with Gasteiger partial charge in [-0.2, -0.15) is 5.10 Å². The zero-order valence-electron chi connectivity index (χ0n) is 18.0. The first-order valence-corrected chi connectivity index (χ1v) is 10.5. The van der Waals surface area contributed by atoms with Crippen molar-refractivity contribution in [3.63, 3.8) is 0 Å². The molecule has 1 amide bonds. The van der Waals surface area contributed by atoms with Gasteiger partial charge >= 0.3 is 0 Å². The number of carbonyl (C=O) groups is 1. The summed E-state index contributed by atoms with van der Waals surface area (Å²) >= 11 is 0. The zero-order chi connectivity index (χ0) is 21.9. The highest BCUT2D eigenvalue weighted by atomic mass is 16.5. The van der Waals surface area contributed by atoms with Crippen molar-refractivity contribution in [3.8, 4) is 22.6 Å². The van der Waals surface area contributed by atoms with Crippen molar-refractivity contribution in [1.29, 1.82) is 0 Å². The average molecular weight is 417 g/mol. The molecule has 0 bridgehead atoms. The van der Waals surface area contributed by atoms with Crippen LogP contribution in [-0.2, 0) is 4.79 Å². The third-order valence-corrected chi connectivity index (χ3v) is 4.68. The summed E-state index contributed by atoms with van der Waals surface area (Å²) in [5, 5.41) is 4.02. The van der Waals surface area contributed by atoms with Gasteiger partial charge in [0.15, 0.2) is 6.10 Å². The molecule has 1 atom stereocenters. The number of amides is 1. The molecule has 0 heterocycles. The molecule has 3 aromatic carbocycles. The molecule has 0 aromatic heterocycles. The molecule has 0 saturated heterocycles. The maximum atomic E-state index is 12.3. The monoisotopic (exact) mass is 416 g/mol. The standard InChI is InChI=1S/C26H28N2O3/c1-3-4-18-30-24-14-10-21(11-15-24)19-27-28-26(29)20(2)31-25-16-12-23(13-17-25)22-8-6-5-7-9-22/h5-17,19-20H,3-4,18H2,1-2H3,(H,28,29)/t20-/m1/s1. The molecule has 1 N–H and O–H groups in total. The molecule has 5 heteroatoms. The van der Waals surface area contributed by atoms with Crippen LogP contribution in [0, 0.1) is 0 Å². The lowest BCUT2D eigenvalue weighted by atomic mass is 10.1. The van der Waals surface area contributed by atoms with Gasteiger partial charge in [0.25, 0.3) is 5.91 Å². The number of nitrogens with one attached hydrogen (secondary N) is 1. The molecule has 0 unspecified atom stereocenters. The predicted octanol–water partition coefficient (Wildman–Crippen LogP) is 5.45. The van der Waals surface area contributed by atoms with Gasteiger partial charge in [0, 0.05) is 0 Å². The SMILES string of the molecule is CCCCOc1ccc(C=NNC(=O)[C@@H](C)Oc2ccc(-c3ccccc3)cc2)cc1. The van der Waals surface area contributed by atoms with E-state index in [9.17, 15) is 4.79 Å². The quantitative estimate of drug-likeness (QED) is 0.272. The van der Waals surface area contributed by atoms with Gasteiger partial charge in [-0.15, -0.1) is 0 Å². The molecule has 0 aliphatic carbocycles. The third-order valence-electron chi connectivity index (χ3n) is 4.68. The highest BCUT2D eigenvalue weighted by Gasteiger charge is 2.14. The molecular formula is C26H28N2O3. The Balaban J connectivity index is 1.47. The highest BCUT2D eigenvalue weighted by molar-refractivity contribution is 5.84. The summed E-state index contributed by atoms with van der Waals surface area (Å²) in [5.74, 6) is 1.14. The summed E-state index contributed by atoms with van der Waals surface area (Å²) in [6.45, 7) is 4.54. The maximum Gasteiger partial charge on any atom is 0.280 e. The summed E-state index contributed by atoms with van der Waals surface area (Å²) in [6, 6.07) is 25.3. The van der Waals surface area contributed by atoms with Crippen molar-refractivity contribution < 1.29 is 14.3 Å². The molecule has 3 aromatic rings. The van der Waals surface area contributed by atoms with E-state index < -0.39 is 6.10 Å². The number of rotatable bonds is 10. The summed E-state index contributed by atoms with van der Waals surface area (Å²) in [6.07, 6.45) is 3.06. The molecule has 0 spiro atoms. The van der Waals surface area contributed by atoms with Gasteiger partial charge in [0.2, 0.25) is 0 Å². The summed E-state index contributed by atoms with van der Waals surface area (Å²) in [5.41, 5.74) is 5.62. The van der Waals surface area contributed by atoms with Gasteiger partial charge < -0.3 is 9.47 Å². The predicted molar refractivity (Wildman–Crippen MR) is 125 cm³/mol. The van der Waals surface area contributed by atoms with Crippen LogP contribution in [-0.4, -0.2) is 24.8 Å². The lowest BCUT2D eigenvalue weighted by Crippen LogP contribution is -2.33. The number of carbonyl (C=O) groups excluding carboxylic acids is 1. The second-order valence-electron chi connectivity index (χ2n) is 7.16. The fraction of sp³-hybridized carbons (Fsp3) is 0.231. The van der Waals surface area contributed by atoms with Crippen LogP contribution in [0.1, 0.15) is 32.3 Å². The number of unbranched alkanes of at least 4 members (excludes halogenated alkanes) is 1. The van der Waals surface area contributed by atoms with Gasteiger partial charge in [0.1, 0.15) is 11.5 Å². The second-order valence-corrected chi connectivity index (χ2v) is 7.16. The topological polar surface area (TPSA) is 59.9 Å². The number of benzene rings is 3. The van der Waals surface area contributed by atoms with Gasteiger partial charge in [-0.05, 0) is 66.4 Å². The Bertz CT molecular complexity index is 968. The van der Waals surface area contributed by atoms with Crippen LogP contribution < -0.4 is 14.9 Å². The van der Waals surface area contributed by atoms with E-state index in [2.05, 4.69) is 29.6 Å². The van der Waals surface area contributed by atoms with Crippen molar-refractivity contribution in [2.75, 3.05) is 6.61 Å². The molecule has 0 aliphatic rings. The molecule has 0 saturated carbocycles. The molecule has 0 fully saturated rings. The van der Waals surface area contributed by atoms with Crippen molar-refractivity contribution in [3.05, 3.63) is 84.4 Å². The Morgan fingerprint density at radius 1 is 0.935 bits per heavy atom. The fourth-order valence-corrected chi connectivity index (χ4v) is 2.86. The van der Waals surface area contributed by atoms with Crippen LogP contribution in [0.4, 0.5) is 0 Å². The first kappa shape index (κ1) is 22.1. The van der Waals surface area contributed by atoms with Crippen LogP contribution in [0.15, 0.2) is 84.0 Å². The van der Waals surface area contributed by atoms with Gasteiger partial charge in [0.05, 0.1) is 12.8 Å². The molecule has 160 valence electrons. The van der Waals surface area contributed by atoms with E-state index in [1.54, 1.807) is 13.1 Å². The van der Waals surface area contributed by atoms with Crippen molar-refractivity contribution in [1.82, 2.24) is 5.43 Å². The average Bonchev–Trinajstić information content (AvgIpc) is 2.81. The van der Waals surface area contributed by atoms with Crippen LogP contribution in [0.25, 0.3) is 11.1 Å². The molecular weight excluding hydrogens is 388 g/mol. The van der Waals surface area contributed by atoms with Crippen molar-refractivity contribution in [2.24, 2.45) is 5.10 Å². The number of hydrazone groups is 1. The van der Waals surface area contributed by atoms with E-state index in [0.717, 1.165) is 35.3 Å². The molecule has 31 heavy (non-hydrogen) atoms. The van der Waals surface area contributed by atoms with Crippen LogP contribution in [0.2, 0.25) is 0 Å². The minimum atomic E-state index is -0.672. The van der Waals surface area contributed by atoms with E-state index in [0.29, 0.717) is 12.4 Å². The normalized spacial score (nSPS) is 11.8. The summed E-state index contributed by atoms with van der Waals surface area (Å²) < 4.78 is 11.4. The maximum absolute atomic E-state index is 12.3. The second kappa shape index (κ2) is 11.6. The minimum Gasteiger partial charge on any atom is -0.494 e. The highest BCUT2D eigenvalue weighted by Crippen LogP contribution is 2.22. The Kier molecular flexibility index (Phi) is 8.23. The zero-order valence-corrected chi connectivity index (χ0v) is 18.0. The molecule has 5 nitrogen and oxygen atoms in total. The van der Waals surface area contributed by atoms with Crippen molar-refractivity contribution in [2.45, 2.75) is 32.8 Å². The lowest BCUT2D eigenvalue weighted by Gasteiger charge is -2.13. The van der Waals surface area contributed by atoms with Gasteiger partial charge in [-0.3, -0.25) is 4.79 Å². The molecule has 0 radical (unpaired) electrons. The number of hydrogen-bond acceptors (Lipinski definition) is 4.